The number of hydrogen-bond acceptors (Lipinski definition) is 7. The summed E-state index contributed by atoms with van der Waals surface area (Å²) in [4.78, 5) is 32.4. The predicted octanol–water partition coefficient (Wildman–Crippen LogP) is 6.54. The zero-order chi connectivity index (χ0) is 27.3. The number of Topliss-reactive ketones (excluding diaryl/α,β-unsaturated/α-hetero) is 1. The van der Waals surface area contributed by atoms with E-state index in [0.29, 0.717) is 34.6 Å². The molecular formula is C32H38ClN5O2. The van der Waals surface area contributed by atoms with Crippen LogP contribution < -0.4 is 9.64 Å². The molecule has 210 valence electrons. The van der Waals surface area contributed by atoms with Gasteiger partial charge in [-0.25, -0.2) is 15.0 Å². The molecule has 0 spiro atoms. The molecule has 1 aromatic carbocycles. The normalized spacial score (nSPS) is 20.2. The van der Waals surface area contributed by atoms with E-state index < -0.39 is 0 Å². The second-order valence-electron chi connectivity index (χ2n) is 11.4. The molecule has 1 saturated carbocycles. The van der Waals surface area contributed by atoms with E-state index in [1.54, 1.807) is 42.6 Å². The molecule has 3 aliphatic rings. The summed E-state index contributed by atoms with van der Waals surface area (Å²) in [5.74, 6) is 2.42. The van der Waals surface area contributed by atoms with Crippen LogP contribution in [-0.4, -0.2) is 57.9 Å². The van der Waals surface area contributed by atoms with E-state index in [2.05, 4.69) is 21.0 Å². The van der Waals surface area contributed by atoms with Crippen molar-refractivity contribution < 1.29 is 9.53 Å². The summed E-state index contributed by atoms with van der Waals surface area (Å²) in [7, 11) is 0. The van der Waals surface area contributed by atoms with Crippen molar-refractivity contribution in [2.75, 3.05) is 31.1 Å². The number of aryl methyl sites for hydroxylation is 2. The highest BCUT2D eigenvalue weighted by Crippen LogP contribution is 2.30. The number of hydrogen-bond donors (Lipinski definition) is 0. The molecule has 2 aliphatic carbocycles. The van der Waals surface area contributed by atoms with Gasteiger partial charge < -0.3 is 9.64 Å². The number of fused-ring (bicyclic) bond motifs is 1. The molecule has 7 nitrogen and oxygen atoms in total. The van der Waals surface area contributed by atoms with Crippen LogP contribution in [0.5, 0.6) is 11.6 Å². The highest BCUT2D eigenvalue weighted by Gasteiger charge is 2.29. The van der Waals surface area contributed by atoms with Crippen LogP contribution in [0.15, 0.2) is 48.8 Å². The largest absolute Gasteiger partial charge is 0.438 e. The molecule has 8 heteroatoms. The lowest BCUT2D eigenvalue weighted by Crippen LogP contribution is -2.52. The van der Waals surface area contributed by atoms with Gasteiger partial charge in [0.05, 0.1) is 5.56 Å². The fraction of sp³-hybridized carbons (Fsp3) is 0.500. The van der Waals surface area contributed by atoms with Crippen LogP contribution in [0.2, 0.25) is 5.02 Å². The Morgan fingerprint density at radius 3 is 2.55 bits per heavy atom. The van der Waals surface area contributed by atoms with Crippen molar-refractivity contribution in [3.8, 4) is 11.6 Å². The zero-order valence-corrected chi connectivity index (χ0v) is 23.9. The van der Waals surface area contributed by atoms with Crippen LogP contribution in [0.3, 0.4) is 0 Å². The first-order valence-corrected chi connectivity index (χ1v) is 15.3. The second kappa shape index (κ2) is 12.6. The number of ketones is 1. The van der Waals surface area contributed by atoms with Crippen molar-refractivity contribution >= 4 is 23.3 Å². The third-order valence-electron chi connectivity index (χ3n) is 8.86. The molecule has 0 radical (unpaired) electrons. The number of nitrogens with zero attached hydrogens (tertiary/aromatic N) is 5. The van der Waals surface area contributed by atoms with Gasteiger partial charge >= 0.3 is 0 Å². The fourth-order valence-corrected chi connectivity index (χ4v) is 6.30. The maximum Gasteiger partial charge on any atom is 0.230 e. The summed E-state index contributed by atoms with van der Waals surface area (Å²) in [6.07, 6.45) is 14.4. The van der Waals surface area contributed by atoms with Gasteiger partial charge in [-0.3, -0.25) is 9.69 Å². The van der Waals surface area contributed by atoms with Crippen LogP contribution in [-0.2, 0) is 12.8 Å². The van der Waals surface area contributed by atoms with Crippen molar-refractivity contribution in [3.63, 3.8) is 0 Å². The Balaban J connectivity index is 1.04. The smallest absolute Gasteiger partial charge is 0.230 e. The molecule has 3 heterocycles. The summed E-state index contributed by atoms with van der Waals surface area (Å²) in [6.45, 7) is 4.26. The lowest BCUT2D eigenvalue weighted by Gasteiger charge is -2.43. The molecular weight excluding hydrogens is 522 g/mol. The van der Waals surface area contributed by atoms with Crippen molar-refractivity contribution in [1.29, 1.82) is 0 Å². The third-order valence-corrected chi connectivity index (χ3v) is 9.11. The Kier molecular flexibility index (Phi) is 8.59. The predicted molar refractivity (Wildman–Crippen MR) is 158 cm³/mol. The Bertz CT molecular complexity index is 1300. The Morgan fingerprint density at radius 2 is 1.77 bits per heavy atom. The summed E-state index contributed by atoms with van der Waals surface area (Å²) < 4.78 is 5.93. The summed E-state index contributed by atoms with van der Waals surface area (Å²) in [5.41, 5.74) is 3.03. The van der Waals surface area contributed by atoms with E-state index in [-0.39, 0.29) is 5.78 Å². The topological polar surface area (TPSA) is 71.5 Å². The van der Waals surface area contributed by atoms with Crippen LogP contribution in [0.4, 0.5) is 5.95 Å². The number of piperazine rings is 1. The Labute approximate surface area is 241 Å². The van der Waals surface area contributed by atoms with Crippen molar-refractivity contribution in [1.82, 2.24) is 19.9 Å². The molecule has 1 atom stereocenters. The molecule has 6 rings (SSSR count). The number of carbonyl (C=O) groups excluding carboxylic acids is 1. The number of aromatic nitrogens is 3. The van der Waals surface area contributed by atoms with Crippen molar-refractivity contribution in [3.05, 3.63) is 70.6 Å². The summed E-state index contributed by atoms with van der Waals surface area (Å²) >= 11 is 5.99. The molecule has 1 saturated heterocycles. The molecule has 3 aromatic rings. The number of rotatable bonds is 8. The van der Waals surface area contributed by atoms with E-state index in [1.165, 1.54) is 30.5 Å². The number of carbonyl (C=O) groups is 1. The first kappa shape index (κ1) is 27.2. The number of halogens is 1. The first-order valence-electron chi connectivity index (χ1n) is 14.9. The average molecular weight is 560 g/mol. The highest BCUT2D eigenvalue weighted by atomic mass is 35.5. The lowest BCUT2D eigenvalue weighted by molar-refractivity contribution is 0.0969. The molecule has 1 aliphatic heterocycles. The van der Waals surface area contributed by atoms with Crippen molar-refractivity contribution in [2.45, 2.75) is 70.3 Å². The quantitative estimate of drug-likeness (QED) is 0.290. The maximum atomic E-state index is 13.2. The fourth-order valence-electron chi connectivity index (χ4n) is 6.17. The van der Waals surface area contributed by atoms with Crippen LogP contribution in [0.1, 0.15) is 73.0 Å². The van der Waals surface area contributed by atoms with Gasteiger partial charge in [0.2, 0.25) is 11.8 Å². The molecule has 0 N–H and O–H groups in total. The number of benzene rings is 1. The SMILES string of the molecule is O=C(CCC1CCCc2cnc(N3CCN(C4CCC4)CC3)nc2CC1)c1cccnc1Oc1ccc(Cl)cc1. The van der Waals surface area contributed by atoms with Gasteiger partial charge in [0.1, 0.15) is 5.75 Å². The Morgan fingerprint density at radius 1 is 0.950 bits per heavy atom. The monoisotopic (exact) mass is 559 g/mol. The molecule has 2 aromatic heterocycles. The van der Waals surface area contributed by atoms with E-state index in [1.807, 2.05) is 0 Å². The van der Waals surface area contributed by atoms with Crippen molar-refractivity contribution in [2.24, 2.45) is 5.92 Å². The van der Waals surface area contributed by atoms with Crippen LogP contribution >= 0.6 is 11.6 Å². The maximum absolute atomic E-state index is 13.2. The Hall–Kier alpha value is -3.03. The van der Waals surface area contributed by atoms with E-state index in [4.69, 9.17) is 26.3 Å². The zero-order valence-electron chi connectivity index (χ0n) is 23.1. The van der Waals surface area contributed by atoms with Crippen LogP contribution in [0.25, 0.3) is 0 Å². The van der Waals surface area contributed by atoms with E-state index in [0.717, 1.165) is 76.7 Å². The standard InChI is InChI=1S/C32H38ClN5O2/c33-25-11-13-27(14-12-25)40-31-28(8-3-17-34-31)30(39)16-10-23-4-1-5-24-22-35-32(36-29(24)15-9-23)38-20-18-37(19-21-38)26-6-2-7-26/h3,8,11-14,17,22-23,26H,1-2,4-7,9-10,15-16,18-21H2. The number of pyridine rings is 1. The van der Waals surface area contributed by atoms with E-state index >= 15 is 0 Å². The van der Waals surface area contributed by atoms with E-state index in [9.17, 15) is 4.79 Å². The minimum Gasteiger partial charge on any atom is -0.438 e. The van der Waals surface area contributed by atoms with Gasteiger partial charge in [0, 0.05) is 61.8 Å². The molecule has 0 amide bonds. The number of ether oxygens (including phenoxy) is 1. The van der Waals surface area contributed by atoms with Gasteiger partial charge in [-0.05, 0) is 92.8 Å². The average Bonchev–Trinajstić information content (AvgIpc) is 2.94. The lowest BCUT2D eigenvalue weighted by atomic mass is 9.86. The first-order chi connectivity index (χ1) is 19.6. The minimum atomic E-state index is 0.0742. The molecule has 40 heavy (non-hydrogen) atoms. The summed E-state index contributed by atoms with van der Waals surface area (Å²) in [6, 6.07) is 11.5. The van der Waals surface area contributed by atoms with Gasteiger partial charge in [-0.2, -0.15) is 0 Å². The minimum absolute atomic E-state index is 0.0742. The number of anilines is 1. The van der Waals surface area contributed by atoms with Gasteiger partial charge in [0.25, 0.3) is 0 Å². The second-order valence-corrected chi connectivity index (χ2v) is 11.9. The molecule has 1 unspecified atom stereocenters. The summed E-state index contributed by atoms with van der Waals surface area (Å²) in [5, 5.41) is 0.635. The van der Waals surface area contributed by atoms with Gasteiger partial charge in [-0.15, -0.1) is 0 Å². The van der Waals surface area contributed by atoms with Crippen LogP contribution in [0, 0.1) is 5.92 Å². The van der Waals surface area contributed by atoms with Gasteiger partial charge in [0.15, 0.2) is 5.78 Å². The van der Waals surface area contributed by atoms with Gasteiger partial charge in [-0.1, -0.05) is 24.4 Å². The third kappa shape index (κ3) is 6.47. The highest BCUT2D eigenvalue weighted by molar-refractivity contribution is 6.30. The molecule has 0 bridgehead atoms. The molecule has 2 fully saturated rings.